The molecular weight excluding hydrogens is 789 g/mol. The van der Waals surface area contributed by atoms with Crippen molar-refractivity contribution in [2.75, 3.05) is 6.61 Å². The topological polar surface area (TPSA) is 137 Å². The summed E-state index contributed by atoms with van der Waals surface area (Å²) in [7, 11) is 0. The van der Waals surface area contributed by atoms with E-state index in [9.17, 15) is 14.7 Å². The predicted molar refractivity (Wildman–Crippen MR) is 223 cm³/mol. The van der Waals surface area contributed by atoms with E-state index in [2.05, 4.69) is 13.8 Å². The maximum atomic E-state index is 12.9. The Kier molecular flexibility index (Phi) is 17.1. The molecule has 10 atom stereocenters. The lowest BCUT2D eigenvalue weighted by molar-refractivity contribution is -0.368. The first-order valence-electron chi connectivity index (χ1n) is 20.3. The fourth-order valence-corrected chi connectivity index (χ4v) is 8.21. The van der Waals surface area contributed by atoms with E-state index in [-0.39, 0.29) is 26.4 Å². The van der Waals surface area contributed by atoms with Crippen LogP contribution in [-0.2, 0) is 78.6 Å². The van der Waals surface area contributed by atoms with Crippen LogP contribution < -0.4 is 0 Å². The van der Waals surface area contributed by atoms with Gasteiger partial charge < -0.3 is 47.7 Å². The molecule has 4 aromatic rings. The van der Waals surface area contributed by atoms with Crippen molar-refractivity contribution < 1.29 is 57.3 Å². The Bertz CT molecular complexity index is 1900. The Morgan fingerprint density at radius 3 is 1.58 bits per heavy atom. The maximum absolute atomic E-state index is 12.9. The summed E-state index contributed by atoms with van der Waals surface area (Å²) in [5, 5.41) is 11.2. The number of aliphatic hydroxyl groups excluding tert-OH is 1. The van der Waals surface area contributed by atoms with Crippen LogP contribution in [0.15, 0.2) is 120 Å². The summed E-state index contributed by atoms with van der Waals surface area (Å²) in [5.74, 6) is -1.23. The van der Waals surface area contributed by atoms with Crippen LogP contribution in [-0.4, -0.2) is 90.3 Å². The van der Waals surface area contributed by atoms with Crippen LogP contribution >= 0.6 is 11.8 Å². The molecule has 0 spiro atoms. The third-order valence-corrected chi connectivity index (χ3v) is 11.1. The van der Waals surface area contributed by atoms with E-state index in [1.54, 1.807) is 11.8 Å². The van der Waals surface area contributed by atoms with Crippen molar-refractivity contribution in [3.05, 3.63) is 138 Å². The monoisotopic (exact) mass is 844 g/mol. The van der Waals surface area contributed by atoms with Crippen molar-refractivity contribution >= 4 is 23.7 Å². The Morgan fingerprint density at radius 1 is 0.583 bits per heavy atom. The van der Waals surface area contributed by atoms with Crippen LogP contribution in [0.1, 0.15) is 56.9 Å². The van der Waals surface area contributed by atoms with Gasteiger partial charge in [0.15, 0.2) is 24.8 Å². The first-order chi connectivity index (χ1) is 29.1. The molecule has 12 nitrogen and oxygen atoms in total. The fraction of sp³-hybridized carbons (Fsp3) is 0.447. The van der Waals surface area contributed by atoms with Crippen molar-refractivity contribution in [3.63, 3.8) is 0 Å². The summed E-state index contributed by atoms with van der Waals surface area (Å²) in [6.07, 6.45) is -10.4. The highest BCUT2D eigenvalue weighted by Gasteiger charge is 2.55. The van der Waals surface area contributed by atoms with Gasteiger partial charge in [-0.25, -0.2) is 0 Å². The van der Waals surface area contributed by atoms with Crippen molar-refractivity contribution in [2.45, 2.75) is 133 Å². The van der Waals surface area contributed by atoms with E-state index in [0.717, 1.165) is 27.1 Å². The van der Waals surface area contributed by atoms with Crippen LogP contribution in [0, 0.1) is 0 Å². The zero-order valence-corrected chi connectivity index (χ0v) is 35.5. The molecule has 13 heteroatoms. The molecule has 4 aromatic carbocycles. The molecule has 6 rings (SSSR count). The molecule has 0 bridgehead atoms. The second-order valence-corrected chi connectivity index (χ2v) is 16.7. The number of ether oxygens (including phenoxy) is 9. The van der Waals surface area contributed by atoms with Crippen LogP contribution in [0.2, 0.25) is 0 Å². The molecule has 60 heavy (non-hydrogen) atoms. The van der Waals surface area contributed by atoms with Gasteiger partial charge in [0.2, 0.25) is 0 Å². The van der Waals surface area contributed by atoms with Gasteiger partial charge in [-0.05, 0) is 35.2 Å². The number of rotatable bonds is 19. The lowest BCUT2D eigenvalue weighted by atomic mass is 9.96. The lowest BCUT2D eigenvalue weighted by Gasteiger charge is -2.49. The molecule has 0 amide bonds. The van der Waals surface area contributed by atoms with Crippen LogP contribution in [0.4, 0.5) is 0 Å². The van der Waals surface area contributed by atoms with Gasteiger partial charge in [-0.1, -0.05) is 123 Å². The second-order valence-electron chi connectivity index (χ2n) is 15.1. The molecule has 1 N–H and O–H groups in total. The van der Waals surface area contributed by atoms with E-state index < -0.39 is 80.0 Å². The molecule has 6 unspecified atom stereocenters. The van der Waals surface area contributed by atoms with Gasteiger partial charge in [0.05, 0.1) is 39.1 Å². The molecule has 2 fully saturated rings. The number of hydrogen-bond donors (Lipinski definition) is 1. The van der Waals surface area contributed by atoms with Gasteiger partial charge in [-0.15, -0.1) is 11.8 Å². The Morgan fingerprint density at radius 2 is 1.07 bits per heavy atom. The highest BCUT2D eigenvalue weighted by atomic mass is 32.2. The largest absolute Gasteiger partial charge is 0.454 e. The molecule has 2 heterocycles. The van der Waals surface area contributed by atoms with Crippen LogP contribution in [0.3, 0.4) is 0 Å². The minimum absolute atomic E-state index is 0.0988. The molecule has 2 aliphatic rings. The fourth-order valence-electron chi connectivity index (χ4n) is 7.27. The van der Waals surface area contributed by atoms with E-state index in [1.807, 2.05) is 122 Å². The molecule has 2 aliphatic heterocycles. The third-order valence-electron chi connectivity index (χ3n) is 9.99. The summed E-state index contributed by atoms with van der Waals surface area (Å²) in [4.78, 5) is 26.9. The Balaban J connectivity index is 1.35. The summed E-state index contributed by atoms with van der Waals surface area (Å²) in [5.41, 5.74) is 3.58. The molecule has 322 valence electrons. The normalized spacial score (nSPS) is 26.7. The smallest absolute Gasteiger partial charge is 0.303 e. The van der Waals surface area contributed by atoms with Gasteiger partial charge in [-0.2, -0.15) is 0 Å². The summed E-state index contributed by atoms with van der Waals surface area (Å²) in [6, 6.07) is 36.7. The maximum Gasteiger partial charge on any atom is 0.303 e. The molecular formula is C47H56O12S. The van der Waals surface area contributed by atoms with Gasteiger partial charge >= 0.3 is 11.9 Å². The van der Waals surface area contributed by atoms with Gasteiger partial charge in [0.1, 0.15) is 30.5 Å². The second kappa shape index (κ2) is 22.6. The van der Waals surface area contributed by atoms with E-state index >= 15 is 0 Å². The van der Waals surface area contributed by atoms with Crippen molar-refractivity contribution in [3.8, 4) is 0 Å². The summed E-state index contributed by atoms with van der Waals surface area (Å²) >= 11 is 1.70. The standard InChI is InChI=1S/C47H56O12S/c1-30(2)60-39-24-16-15-23-37(39)29-54-46-45(57-33(5)50)43(41(38(25-48)58-46)52-27-35-19-11-7-12-20-35)59-47-44(56-32(4)49)42(53-28-36-21-13-8-14-22-36)40(31(3)55-47)51-26-34-17-9-6-10-18-34/h6-24,30-31,38,40-48H,25-29H2,1-5H3/t31-,38?,40?,41+,42?,43?,44+,45?,46+,47?/m0/s1. The number of carbonyl (C=O) groups excluding carboxylic acids is 2. The number of hydrogen-bond acceptors (Lipinski definition) is 13. The van der Waals surface area contributed by atoms with Crippen LogP contribution in [0.25, 0.3) is 0 Å². The van der Waals surface area contributed by atoms with Crippen molar-refractivity contribution in [1.29, 1.82) is 0 Å². The number of esters is 2. The highest BCUT2D eigenvalue weighted by molar-refractivity contribution is 8.00. The molecule has 0 aromatic heterocycles. The number of carbonyl (C=O) groups is 2. The zero-order valence-electron chi connectivity index (χ0n) is 34.7. The minimum Gasteiger partial charge on any atom is -0.454 e. The first kappa shape index (κ1) is 45.4. The highest BCUT2D eigenvalue weighted by Crippen LogP contribution is 2.37. The minimum atomic E-state index is -1.30. The number of thioether (sulfide) groups is 1. The average Bonchev–Trinajstić information content (AvgIpc) is 3.24. The average molecular weight is 845 g/mol. The number of benzene rings is 4. The van der Waals surface area contributed by atoms with Gasteiger partial charge in [-0.3, -0.25) is 9.59 Å². The Labute approximate surface area is 356 Å². The van der Waals surface area contributed by atoms with Crippen molar-refractivity contribution in [2.24, 2.45) is 0 Å². The SMILES string of the molecule is CC(=O)OC1C(OC2O[C@@H](C)C(OCc3ccccc3)C(OCc3ccccc3)[C@H]2OC(C)=O)[C@H](OCc2ccccc2)C(CO)O[C@H]1OCc1ccccc1SC(C)C. The summed E-state index contributed by atoms with van der Waals surface area (Å²) < 4.78 is 58.0. The number of aliphatic hydroxyl groups is 1. The molecule has 0 radical (unpaired) electrons. The van der Waals surface area contributed by atoms with E-state index in [1.165, 1.54) is 13.8 Å². The summed E-state index contributed by atoms with van der Waals surface area (Å²) in [6.45, 7) is 8.76. The molecule has 0 aliphatic carbocycles. The zero-order chi connectivity index (χ0) is 42.4. The Hall–Kier alpha value is -4.15. The third kappa shape index (κ3) is 12.7. The van der Waals surface area contributed by atoms with Gasteiger partial charge in [0.25, 0.3) is 0 Å². The van der Waals surface area contributed by atoms with E-state index in [4.69, 9.17) is 42.6 Å². The van der Waals surface area contributed by atoms with Gasteiger partial charge in [0, 0.05) is 24.0 Å². The predicted octanol–water partition coefficient (Wildman–Crippen LogP) is 7.17. The first-order valence-corrected chi connectivity index (χ1v) is 21.2. The molecule has 2 saturated heterocycles. The molecule has 0 saturated carbocycles. The van der Waals surface area contributed by atoms with Crippen molar-refractivity contribution in [1.82, 2.24) is 0 Å². The van der Waals surface area contributed by atoms with Crippen LogP contribution in [0.5, 0.6) is 0 Å². The lowest BCUT2D eigenvalue weighted by Crippen LogP contribution is -2.66. The quantitative estimate of drug-likeness (QED) is 0.0755. The van der Waals surface area contributed by atoms with E-state index in [0.29, 0.717) is 5.25 Å².